The van der Waals surface area contributed by atoms with E-state index in [4.69, 9.17) is 16.3 Å². The van der Waals surface area contributed by atoms with Crippen LogP contribution < -0.4 is 15.4 Å². The fourth-order valence-corrected chi connectivity index (χ4v) is 2.01. The quantitative estimate of drug-likeness (QED) is 0.854. The first-order valence-corrected chi connectivity index (χ1v) is 7.43. The van der Waals surface area contributed by atoms with Crippen molar-refractivity contribution >= 4 is 29.1 Å². The van der Waals surface area contributed by atoms with Crippen LogP contribution in [0.25, 0.3) is 0 Å². The molecule has 2 aromatic rings. The minimum absolute atomic E-state index is 0.136. The van der Waals surface area contributed by atoms with E-state index in [0.717, 1.165) is 5.56 Å². The number of benzene rings is 2. The van der Waals surface area contributed by atoms with Crippen molar-refractivity contribution in [3.63, 3.8) is 0 Å². The van der Waals surface area contributed by atoms with Crippen molar-refractivity contribution in [1.82, 2.24) is 5.32 Å². The third-order valence-corrected chi connectivity index (χ3v) is 3.51. The van der Waals surface area contributed by atoms with Crippen molar-refractivity contribution in [2.45, 2.75) is 6.92 Å². The second-order valence-electron chi connectivity index (χ2n) is 4.84. The van der Waals surface area contributed by atoms with Crippen molar-refractivity contribution in [3.8, 4) is 5.75 Å². The van der Waals surface area contributed by atoms with Crippen LogP contribution in [-0.4, -0.2) is 25.0 Å². The summed E-state index contributed by atoms with van der Waals surface area (Å²) in [4.78, 5) is 23.5. The summed E-state index contributed by atoms with van der Waals surface area (Å²) in [6.45, 7) is 1.53. The highest BCUT2D eigenvalue weighted by Gasteiger charge is 2.09. The van der Waals surface area contributed by atoms with Crippen LogP contribution >= 0.6 is 11.6 Å². The Hall–Kier alpha value is -2.53. The Balaban J connectivity index is 1.75. The number of carbonyl (C=O) groups excluding carboxylic acids is 2. The predicted molar refractivity (Wildman–Crippen MR) is 89.8 cm³/mol. The summed E-state index contributed by atoms with van der Waals surface area (Å²) in [5.41, 5.74) is 1.40. The van der Waals surface area contributed by atoms with Crippen molar-refractivity contribution in [2.75, 3.05) is 18.5 Å². The van der Waals surface area contributed by atoms with Crippen LogP contribution in [0.5, 0.6) is 5.75 Å². The first-order chi connectivity index (χ1) is 11.1. The summed E-state index contributed by atoms with van der Waals surface area (Å²) in [5.74, 6) is -0.100. The Morgan fingerprint density at radius 3 is 2.52 bits per heavy atom. The van der Waals surface area contributed by atoms with E-state index in [1.807, 2.05) is 25.1 Å². The lowest BCUT2D eigenvalue weighted by Crippen LogP contribution is -2.35. The van der Waals surface area contributed by atoms with E-state index in [0.29, 0.717) is 16.5 Å². The van der Waals surface area contributed by atoms with Crippen molar-refractivity contribution in [2.24, 2.45) is 0 Å². The van der Waals surface area contributed by atoms with Gasteiger partial charge in [-0.1, -0.05) is 35.9 Å². The Bertz CT molecular complexity index is 689. The second kappa shape index (κ2) is 8.19. The minimum atomic E-state index is -0.369. The van der Waals surface area contributed by atoms with Crippen LogP contribution in [0.1, 0.15) is 5.56 Å². The van der Waals surface area contributed by atoms with Crippen molar-refractivity contribution in [1.29, 1.82) is 0 Å². The Morgan fingerprint density at radius 2 is 1.78 bits per heavy atom. The molecule has 2 amide bonds. The van der Waals surface area contributed by atoms with E-state index in [-0.39, 0.29) is 25.0 Å². The first kappa shape index (κ1) is 16.8. The molecule has 0 saturated carbocycles. The zero-order chi connectivity index (χ0) is 16.7. The topological polar surface area (TPSA) is 67.4 Å². The maximum atomic E-state index is 11.8. The molecule has 2 rings (SSSR count). The normalized spacial score (nSPS) is 10.0. The number of carbonyl (C=O) groups is 2. The molecule has 0 bridgehead atoms. The monoisotopic (exact) mass is 332 g/mol. The third kappa shape index (κ3) is 5.30. The summed E-state index contributed by atoms with van der Waals surface area (Å²) in [5, 5.41) is 5.77. The largest absolute Gasteiger partial charge is 0.484 e. The van der Waals surface area contributed by atoms with E-state index in [9.17, 15) is 9.59 Å². The lowest BCUT2D eigenvalue weighted by molar-refractivity contribution is -0.125. The molecule has 23 heavy (non-hydrogen) atoms. The van der Waals surface area contributed by atoms with Gasteiger partial charge in [-0.15, -0.1) is 0 Å². The number of halogens is 1. The first-order valence-electron chi connectivity index (χ1n) is 7.06. The molecule has 0 unspecified atom stereocenters. The zero-order valence-electron chi connectivity index (χ0n) is 12.6. The van der Waals surface area contributed by atoms with Gasteiger partial charge in [-0.25, -0.2) is 0 Å². The number of para-hydroxylation sites is 1. The molecule has 0 aliphatic rings. The molecule has 0 aliphatic carbocycles. The average molecular weight is 333 g/mol. The van der Waals surface area contributed by atoms with Crippen molar-refractivity contribution < 1.29 is 14.3 Å². The Morgan fingerprint density at radius 1 is 1.04 bits per heavy atom. The summed E-state index contributed by atoms with van der Waals surface area (Å²) in [6, 6.07) is 14.2. The van der Waals surface area contributed by atoms with Crippen LogP contribution in [0.4, 0.5) is 5.69 Å². The highest BCUT2D eigenvalue weighted by molar-refractivity contribution is 6.31. The van der Waals surface area contributed by atoms with E-state index in [1.54, 1.807) is 30.3 Å². The maximum Gasteiger partial charge on any atom is 0.258 e. The standard InChI is InChI=1S/C17H17ClN2O3/c1-12-14(18)8-5-9-15(12)20-16(21)10-19-17(22)11-23-13-6-3-2-4-7-13/h2-9H,10-11H2,1H3,(H,19,22)(H,20,21). The third-order valence-electron chi connectivity index (χ3n) is 3.10. The molecule has 0 aliphatic heterocycles. The van der Waals surface area contributed by atoms with Crippen LogP contribution in [0.15, 0.2) is 48.5 Å². The van der Waals surface area contributed by atoms with Gasteiger partial charge < -0.3 is 15.4 Å². The number of amides is 2. The Kier molecular flexibility index (Phi) is 6.00. The summed E-state index contributed by atoms with van der Waals surface area (Å²) < 4.78 is 5.29. The number of rotatable bonds is 6. The fraction of sp³-hybridized carbons (Fsp3) is 0.176. The van der Waals surface area contributed by atoms with Crippen LogP contribution in [0.2, 0.25) is 5.02 Å². The van der Waals surface area contributed by atoms with Gasteiger partial charge in [0.2, 0.25) is 5.91 Å². The molecule has 2 N–H and O–H groups in total. The second-order valence-corrected chi connectivity index (χ2v) is 5.25. The highest BCUT2D eigenvalue weighted by Crippen LogP contribution is 2.22. The number of anilines is 1. The van der Waals surface area contributed by atoms with Crippen LogP contribution in [0, 0.1) is 6.92 Å². The average Bonchev–Trinajstić information content (AvgIpc) is 2.56. The molecule has 6 heteroatoms. The number of nitrogens with one attached hydrogen (secondary N) is 2. The van der Waals surface area contributed by atoms with Gasteiger partial charge in [0.05, 0.1) is 6.54 Å². The smallest absolute Gasteiger partial charge is 0.258 e. The SMILES string of the molecule is Cc1c(Cl)cccc1NC(=O)CNC(=O)COc1ccccc1. The van der Waals surface area contributed by atoms with Gasteiger partial charge >= 0.3 is 0 Å². The van der Waals surface area contributed by atoms with Gasteiger partial charge in [0.1, 0.15) is 5.75 Å². The van der Waals surface area contributed by atoms with Gasteiger partial charge in [-0.05, 0) is 36.8 Å². The molecule has 0 saturated heterocycles. The van der Waals surface area contributed by atoms with Gasteiger partial charge in [-0.2, -0.15) is 0 Å². The highest BCUT2D eigenvalue weighted by atomic mass is 35.5. The summed E-state index contributed by atoms with van der Waals surface area (Å²) in [7, 11) is 0. The molecule has 2 aromatic carbocycles. The molecule has 0 fully saturated rings. The molecular weight excluding hydrogens is 316 g/mol. The minimum Gasteiger partial charge on any atom is -0.484 e. The van der Waals surface area contributed by atoms with E-state index >= 15 is 0 Å². The molecule has 0 radical (unpaired) electrons. The molecule has 0 aromatic heterocycles. The van der Waals surface area contributed by atoms with Crippen LogP contribution in [-0.2, 0) is 9.59 Å². The van der Waals surface area contributed by atoms with Gasteiger partial charge in [0.25, 0.3) is 5.91 Å². The van der Waals surface area contributed by atoms with E-state index in [1.165, 1.54) is 0 Å². The van der Waals surface area contributed by atoms with Crippen molar-refractivity contribution in [3.05, 3.63) is 59.1 Å². The lowest BCUT2D eigenvalue weighted by Gasteiger charge is -2.10. The fourth-order valence-electron chi connectivity index (χ4n) is 1.83. The van der Waals surface area contributed by atoms with Gasteiger partial charge in [0, 0.05) is 10.7 Å². The van der Waals surface area contributed by atoms with E-state index in [2.05, 4.69) is 10.6 Å². The van der Waals surface area contributed by atoms with E-state index < -0.39 is 0 Å². The number of hydrogen-bond acceptors (Lipinski definition) is 3. The van der Waals surface area contributed by atoms with Gasteiger partial charge in [-0.3, -0.25) is 9.59 Å². The predicted octanol–water partition coefficient (Wildman–Crippen LogP) is 2.78. The Labute approximate surface area is 139 Å². The lowest BCUT2D eigenvalue weighted by atomic mass is 10.2. The number of hydrogen-bond donors (Lipinski definition) is 2. The molecule has 0 spiro atoms. The molecular formula is C17H17ClN2O3. The zero-order valence-corrected chi connectivity index (χ0v) is 13.4. The summed E-state index contributed by atoms with van der Waals surface area (Å²) in [6.07, 6.45) is 0. The molecule has 5 nitrogen and oxygen atoms in total. The summed E-state index contributed by atoms with van der Waals surface area (Å²) >= 11 is 5.99. The number of ether oxygens (including phenoxy) is 1. The molecule has 0 atom stereocenters. The molecule has 0 heterocycles. The van der Waals surface area contributed by atoms with Crippen LogP contribution in [0.3, 0.4) is 0 Å². The maximum absolute atomic E-state index is 11.8. The van der Waals surface area contributed by atoms with Gasteiger partial charge in [0.15, 0.2) is 6.61 Å². The molecule has 120 valence electrons.